The maximum absolute atomic E-state index is 12.4. The van der Waals surface area contributed by atoms with Crippen LogP contribution in [0.4, 0.5) is 0 Å². The summed E-state index contributed by atoms with van der Waals surface area (Å²) in [5.41, 5.74) is 0. The number of hydrogen-bond donors (Lipinski definition) is 2. The van der Waals surface area contributed by atoms with Crippen LogP contribution in [0.1, 0.15) is 52.9 Å². The molecule has 2 aliphatic rings. The molecule has 0 spiro atoms. The molecular formula is C16H31N3O. The topological polar surface area (TPSA) is 44.4 Å². The Morgan fingerprint density at radius 2 is 2.15 bits per heavy atom. The highest BCUT2D eigenvalue weighted by Gasteiger charge is 2.37. The molecule has 2 aliphatic heterocycles. The number of nitrogens with zero attached hydrogens (tertiary/aromatic N) is 1. The maximum Gasteiger partial charge on any atom is 0.237 e. The number of likely N-dealkylation sites (tertiary alicyclic amines) is 1. The molecule has 0 aliphatic carbocycles. The molecule has 2 saturated heterocycles. The lowest BCUT2D eigenvalue weighted by atomic mass is 9.89. The Hall–Kier alpha value is -0.610. The second kappa shape index (κ2) is 7.41. The predicted octanol–water partition coefficient (Wildman–Crippen LogP) is 1.75. The van der Waals surface area contributed by atoms with Crippen LogP contribution in [0.3, 0.4) is 0 Å². The van der Waals surface area contributed by atoms with Gasteiger partial charge in [-0.3, -0.25) is 9.69 Å². The fourth-order valence-corrected chi connectivity index (χ4v) is 3.63. The van der Waals surface area contributed by atoms with Crippen molar-refractivity contribution in [3.05, 3.63) is 0 Å². The summed E-state index contributed by atoms with van der Waals surface area (Å²) in [6, 6.07) is 0.890. The van der Waals surface area contributed by atoms with E-state index < -0.39 is 0 Å². The van der Waals surface area contributed by atoms with Gasteiger partial charge in [0.1, 0.15) is 0 Å². The molecular weight excluding hydrogens is 250 g/mol. The van der Waals surface area contributed by atoms with E-state index in [-0.39, 0.29) is 18.0 Å². The minimum Gasteiger partial charge on any atom is -0.352 e. The van der Waals surface area contributed by atoms with Crippen molar-refractivity contribution in [2.75, 3.05) is 19.6 Å². The normalized spacial score (nSPS) is 30.9. The molecule has 4 nitrogen and oxygen atoms in total. The second-order valence-corrected chi connectivity index (χ2v) is 6.55. The highest BCUT2D eigenvalue weighted by Crippen LogP contribution is 2.29. The van der Waals surface area contributed by atoms with E-state index in [2.05, 4.69) is 36.3 Å². The summed E-state index contributed by atoms with van der Waals surface area (Å²) in [6.07, 6.45) is 6.08. The molecule has 2 fully saturated rings. The molecule has 0 aromatic carbocycles. The first-order valence-corrected chi connectivity index (χ1v) is 8.40. The van der Waals surface area contributed by atoms with E-state index in [1.807, 2.05) is 0 Å². The summed E-state index contributed by atoms with van der Waals surface area (Å²) in [6.45, 7) is 9.63. The van der Waals surface area contributed by atoms with Crippen molar-refractivity contribution in [2.45, 2.75) is 71.0 Å². The van der Waals surface area contributed by atoms with Gasteiger partial charge in [0.15, 0.2) is 0 Å². The number of amides is 1. The molecule has 4 unspecified atom stereocenters. The van der Waals surface area contributed by atoms with E-state index in [0.717, 1.165) is 32.0 Å². The first-order chi connectivity index (χ1) is 9.63. The van der Waals surface area contributed by atoms with Crippen LogP contribution in [0.15, 0.2) is 0 Å². The zero-order chi connectivity index (χ0) is 14.5. The molecule has 1 amide bonds. The Morgan fingerprint density at radius 3 is 2.80 bits per heavy atom. The zero-order valence-electron chi connectivity index (χ0n) is 13.3. The van der Waals surface area contributed by atoms with E-state index in [9.17, 15) is 4.79 Å². The van der Waals surface area contributed by atoms with Crippen molar-refractivity contribution >= 4 is 5.91 Å². The summed E-state index contributed by atoms with van der Waals surface area (Å²) in [5, 5.41) is 6.65. The van der Waals surface area contributed by atoms with Crippen molar-refractivity contribution in [2.24, 2.45) is 5.92 Å². The Morgan fingerprint density at radius 1 is 1.35 bits per heavy atom. The van der Waals surface area contributed by atoms with Gasteiger partial charge in [0.05, 0.1) is 6.04 Å². The van der Waals surface area contributed by atoms with E-state index in [4.69, 9.17) is 0 Å². The molecule has 0 aromatic heterocycles. The van der Waals surface area contributed by atoms with Crippen LogP contribution in [-0.4, -0.2) is 48.6 Å². The van der Waals surface area contributed by atoms with Crippen molar-refractivity contribution in [1.82, 2.24) is 15.5 Å². The number of hydrogen-bond acceptors (Lipinski definition) is 3. The molecule has 2 rings (SSSR count). The molecule has 0 bridgehead atoms. The highest BCUT2D eigenvalue weighted by atomic mass is 16.2. The molecule has 4 heteroatoms. The molecule has 116 valence electrons. The van der Waals surface area contributed by atoms with Crippen LogP contribution < -0.4 is 10.6 Å². The molecule has 0 saturated carbocycles. The Balaban J connectivity index is 1.93. The lowest BCUT2D eigenvalue weighted by molar-refractivity contribution is -0.127. The molecule has 0 aromatic rings. The van der Waals surface area contributed by atoms with Crippen LogP contribution in [0.5, 0.6) is 0 Å². The third-order valence-corrected chi connectivity index (χ3v) is 5.10. The first-order valence-electron chi connectivity index (χ1n) is 8.40. The van der Waals surface area contributed by atoms with E-state index >= 15 is 0 Å². The summed E-state index contributed by atoms with van der Waals surface area (Å²) < 4.78 is 0. The average Bonchev–Trinajstić information content (AvgIpc) is 2.96. The zero-order valence-corrected chi connectivity index (χ0v) is 13.3. The van der Waals surface area contributed by atoms with Crippen molar-refractivity contribution in [3.63, 3.8) is 0 Å². The smallest absolute Gasteiger partial charge is 0.237 e. The molecule has 4 atom stereocenters. The monoisotopic (exact) mass is 281 g/mol. The number of nitrogens with one attached hydrogen (secondary N) is 2. The van der Waals surface area contributed by atoms with Crippen LogP contribution in [-0.2, 0) is 4.79 Å². The third-order valence-electron chi connectivity index (χ3n) is 5.10. The summed E-state index contributed by atoms with van der Waals surface area (Å²) in [5.74, 6) is 0.931. The van der Waals surface area contributed by atoms with Gasteiger partial charge >= 0.3 is 0 Å². The number of carbonyl (C=O) groups excluding carboxylic acids is 1. The maximum atomic E-state index is 12.4. The van der Waals surface area contributed by atoms with Gasteiger partial charge in [-0.15, -0.1) is 0 Å². The van der Waals surface area contributed by atoms with Crippen molar-refractivity contribution < 1.29 is 4.79 Å². The highest BCUT2D eigenvalue weighted by molar-refractivity contribution is 5.81. The fourth-order valence-electron chi connectivity index (χ4n) is 3.63. The summed E-state index contributed by atoms with van der Waals surface area (Å²) >= 11 is 0. The minimum absolute atomic E-state index is 0.0124. The van der Waals surface area contributed by atoms with Gasteiger partial charge in [0, 0.05) is 12.1 Å². The second-order valence-electron chi connectivity index (χ2n) is 6.55. The number of piperidine rings is 1. The molecule has 20 heavy (non-hydrogen) atoms. The largest absolute Gasteiger partial charge is 0.352 e. The van der Waals surface area contributed by atoms with Crippen LogP contribution in [0.2, 0.25) is 0 Å². The SMILES string of the molecule is CCC(C)NC(=O)C(C)N1CCCC1C1CCCNC1. The quantitative estimate of drug-likeness (QED) is 0.807. The summed E-state index contributed by atoms with van der Waals surface area (Å²) in [4.78, 5) is 14.8. The minimum atomic E-state index is 0.0124. The third kappa shape index (κ3) is 3.73. The van der Waals surface area contributed by atoms with Crippen LogP contribution in [0, 0.1) is 5.92 Å². The van der Waals surface area contributed by atoms with Crippen molar-refractivity contribution in [1.29, 1.82) is 0 Å². The Kier molecular flexibility index (Phi) is 5.85. The standard InChI is InChI=1S/C16H31N3O/c1-4-12(2)18-16(20)13(3)19-10-6-8-15(19)14-7-5-9-17-11-14/h12-15,17H,4-11H2,1-3H3,(H,18,20). The Labute approximate surface area is 123 Å². The van der Waals surface area contributed by atoms with Gasteiger partial charge < -0.3 is 10.6 Å². The van der Waals surface area contributed by atoms with Gasteiger partial charge in [-0.05, 0) is 71.5 Å². The van der Waals surface area contributed by atoms with E-state index in [1.54, 1.807) is 0 Å². The first kappa shape index (κ1) is 15.8. The van der Waals surface area contributed by atoms with E-state index in [1.165, 1.54) is 25.7 Å². The van der Waals surface area contributed by atoms with Crippen LogP contribution >= 0.6 is 0 Å². The van der Waals surface area contributed by atoms with Gasteiger partial charge in [-0.1, -0.05) is 6.92 Å². The molecule has 2 heterocycles. The van der Waals surface area contributed by atoms with Gasteiger partial charge in [0.25, 0.3) is 0 Å². The number of carbonyl (C=O) groups is 1. The van der Waals surface area contributed by atoms with Gasteiger partial charge in [-0.25, -0.2) is 0 Å². The lowest BCUT2D eigenvalue weighted by Crippen LogP contribution is -2.52. The molecule has 2 N–H and O–H groups in total. The Bertz CT molecular complexity index is 315. The van der Waals surface area contributed by atoms with Gasteiger partial charge in [0.2, 0.25) is 5.91 Å². The fraction of sp³-hybridized carbons (Fsp3) is 0.938. The molecule has 0 radical (unpaired) electrons. The summed E-state index contributed by atoms with van der Waals surface area (Å²) in [7, 11) is 0. The lowest BCUT2D eigenvalue weighted by Gasteiger charge is -2.37. The van der Waals surface area contributed by atoms with Gasteiger partial charge in [-0.2, -0.15) is 0 Å². The predicted molar refractivity (Wildman–Crippen MR) is 82.7 cm³/mol. The van der Waals surface area contributed by atoms with Crippen molar-refractivity contribution in [3.8, 4) is 0 Å². The number of rotatable bonds is 5. The average molecular weight is 281 g/mol. The van der Waals surface area contributed by atoms with Crippen LogP contribution in [0.25, 0.3) is 0 Å². The van der Waals surface area contributed by atoms with E-state index in [0.29, 0.717) is 6.04 Å².